The topological polar surface area (TPSA) is 499 Å². The molecule has 0 aliphatic carbocycles. The smallest absolute Gasteiger partial charge is 0.303 e. The number of unbranched alkanes of at least 4 members (excludes halogenated alkanes) is 10. The Morgan fingerprint density at radius 3 is 0.573 bits per heavy atom. The molecule has 0 bridgehead atoms. The van der Waals surface area contributed by atoms with E-state index >= 15 is 0 Å². The molecule has 0 unspecified atom stereocenters. The van der Waals surface area contributed by atoms with Crippen LogP contribution in [0, 0.1) is 0 Å². The van der Waals surface area contributed by atoms with Gasteiger partial charge in [-0.15, -0.1) is 0 Å². The van der Waals surface area contributed by atoms with Gasteiger partial charge in [-0.3, -0.25) is 9.59 Å². The molecule has 82 heavy (non-hydrogen) atoms. The molecular formula is C57H116O25. The van der Waals surface area contributed by atoms with Gasteiger partial charge in [-0.2, -0.15) is 0 Å². The highest BCUT2D eigenvalue weighted by Gasteiger charge is 1.99. The van der Waals surface area contributed by atoms with Crippen molar-refractivity contribution in [3.8, 4) is 0 Å². The molecule has 0 aromatic rings. The molecule has 25 nitrogen and oxygen atoms in total. The third-order valence-corrected chi connectivity index (χ3v) is 9.03. The lowest BCUT2D eigenvalue weighted by Crippen LogP contribution is -2.15. The van der Waals surface area contributed by atoms with Crippen LogP contribution in [0.4, 0.5) is 0 Å². The van der Waals surface area contributed by atoms with Crippen LogP contribution in [0.5, 0.6) is 0 Å². The SMILES string of the molecule is CC/C=C\C/C=C\C/C=C\CCCCCCCC(=O)O.CC/C=C\C/C=C\C/C=C\CCCCCCCC(=O)O.OCC(O)CO.OCC(O)CO.OCC(O)CO.OCC(O)CO.OCC(O)CO.OCC(O)CO.OCC(O)CO. The summed E-state index contributed by atoms with van der Waals surface area (Å²) in [5.74, 6) is -1.35. The summed E-state index contributed by atoms with van der Waals surface area (Å²) >= 11 is 0. The summed E-state index contributed by atoms with van der Waals surface area (Å²) in [4.78, 5) is 20.6. The summed E-state index contributed by atoms with van der Waals surface area (Å²) in [7, 11) is 0. The maximum atomic E-state index is 10.3. The van der Waals surface area contributed by atoms with Gasteiger partial charge in [-0.25, -0.2) is 0 Å². The molecule has 23 N–H and O–H groups in total. The maximum Gasteiger partial charge on any atom is 0.303 e. The van der Waals surface area contributed by atoms with Gasteiger partial charge < -0.3 is 117 Å². The monoisotopic (exact) mass is 1200 g/mol. The van der Waals surface area contributed by atoms with Crippen LogP contribution >= 0.6 is 0 Å². The molecule has 0 amide bonds. The number of aliphatic hydroxyl groups excluding tert-OH is 21. The van der Waals surface area contributed by atoms with E-state index in [9.17, 15) is 9.59 Å². The summed E-state index contributed by atoms with van der Waals surface area (Å²) < 4.78 is 0. The number of rotatable bonds is 40. The quantitative estimate of drug-likeness (QED) is 0.0275. The summed E-state index contributed by atoms with van der Waals surface area (Å²) in [6.45, 7) is -0.808. The van der Waals surface area contributed by atoms with Gasteiger partial charge in [0.25, 0.3) is 0 Å². The number of hydrogen-bond donors (Lipinski definition) is 23. The first-order valence-electron chi connectivity index (χ1n) is 27.8. The predicted octanol–water partition coefficient (Wildman–Crippen LogP) is -0.356. The Kier molecular flexibility index (Phi) is 112. The zero-order chi connectivity index (χ0) is 64.7. The normalized spacial score (nSPS) is 11.0. The van der Waals surface area contributed by atoms with Crippen LogP contribution in [0.3, 0.4) is 0 Å². The van der Waals surface area contributed by atoms with Crippen LogP contribution in [0.15, 0.2) is 72.9 Å². The van der Waals surface area contributed by atoms with Crippen molar-refractivity contribution < 1.29 is 127 Å². The van der Waals surface area contributed by atoms with Crippen LogP contribution in [-0.2, 0) is 9.59 Å². The van der Waals surface area contributed by atoms with Gasteiger partial charge in [-0.05, 0) is 77.0 Å². The van der Waals surface area contributed by atoms with E-state index in [1.807, 2.05) is 0 Å². The van der Waals surface area contributed by atoms with Gasteiger partial charge in [0, 0.05) is 12.8 Å². The second-order valence-electron chi connectivity index (χ2n) is 17.1. The van der Waals surface area contributed by atoms with E-state index in [-0.39, 0.29) is 92.5 Å². The second-order valence-corrected chi connectivity index (χ2v) is 17.1. The molecule has 0 saturated heterocycles. The Labute approximate surface area is 488 Å². The highest BCUT2D eigenvalue weighted by Crippen LogP contribution is 2.09. The molecule has 0 spiro atoms. The second kappa shape index (κ2) is 93.9. The van der Waals surface area contributed by atoms with E-state index in [1.54, 1.807) is 0 Å². The van der Waals surface area contributed by atoms with E-state index < -0.39 is 54.7 Å². The largest absolute Gasteiger partial charge is 0.481 e. The third-order valence-electron chi connectivity index (χ3n) is 9.03. The number of carboxylic acid groups (broad SMARTS) is 2. The van der Waals surface area contributed by atoms with E-state index in [4.69, 9.17) is 117 Å². The van der Waals surface area contributed by atoms with Crippen LogP contribution < -0.4 is 0 Å². The fourth-order valence-corrected chi connectivity index (χ4v) is 4.19. The average Bonchev–Trinajstić information content (AvgIpc) is 3.50. The molecule has 0 aliphatic rings. The van der Waals surface area contributed by atoms with Gasteiger partial charge >= 0.3 is 11.9 Å². The summed E-state index contributed by atoms with van der Waals surface area (Å²) in [5, 5.41) is 185. The standard InChI is InChI=1S/2C18H30O2.7C3H8O3/c2*1-2-3-4-5-6-7-8-9-10-11-12-13-14-15-16-17-18(19)20;7*4-1-3(6)2-5/h2*3-4,6-7,9-10H,2,5,8,11-17H2,1H3,(H,19,20);7*3-6H,1-2H2/b2*4-3-,7-6-,10-9-;;;;;;;. The van der Waals surface area contributed by atoms with Crippen LogP contribution in [-0.4, -0.2) is 265 Å². The van der Waals surface area contributed by atoms with Crippen molar-refractivity contribution in [3.63, 3.8) is 0 Å². The molecule has 0 aliphatic heterocycles. The van der Waals surface area contributed by atoms with E-state index in [0.717, 1.165) is 89.9 Å². The van der Waals surface area contributed by atoms with Gasteiger partial charge in [0.2, 0.25) is 0 Å². The van der Waals surface area contributed by atoms with E-state index in [2.05, 4.69) is 86.8 Å². The lowest BCUT2D eigenvalue weighted by molar-refractivity contribution is -0.138. The van der Waals surface area contributed by atoms with Crippen LogP contribution in [0.2, 0.25) is 0 Å². The minimum Gasteiger partial charge on any atom is -0.481 e. The summed E-state index contributed by atoms with van der Waals surface area (Å²) in [6.07, 6.45) is 40.1. The number of carbonyl (C=O) groups is 2. The predicted molar refractivity (Wildman–Crippen MR) is 315 cm³/mol. The lowest BCUT2D eigenvalue weighted by Gasteiger charge is -1.98. The number of carboxylic acids is 2. The Morgan fingerprint density at radius 2 is 0.415 bits per heavy atom. The molecule has 0 heterocycles. The molecule has 0 aromatic heterocycles. The van der Waals surface area contributed by atoms with Crippen molar-refractivity contribution in [1.82, 2.24) is 0 Å². The van der Waals surface area contributed by atoms with E-state index in [0.29, 0.717) is 12.8 Å². The molecule has 0 aromatic carbocycles. The number of aliphatic carboxylic acids is 2. The van der Waals surface area contributed by atoms with Crippen molar-refractivity contribution >= 4 is 11.9 Å². The molecule has 0 radical (unpaired) electrons. The van der Waals surface area contributed by atoms with Crippen molar-refractivity contribution in [2.24, 2.45) is 0 Å². The van der Waals surface area contributed by atoms with Crippen molar-refractivity contribution in [1.29, 1.82) is 0 Å². The number of aliphatic hydroxyl groups is 21. The third kappa shape index (κ3) is 127. The van der Waals surface area contributed by atoms with Crippen LogP contribution in [0.1, 0.15) is 142 Å². The molecular weight excluding hydrogens is 1080 g/mol. The molecule has 25 heteroatoms. The Balaban J connectivity index is -0.000000112. The number of allylic oxidation sites excluding steroid dienone is 12. The van der Waals surface area contributed by atoms with Gasteiger partial charge in [0.05, 0.1) is 92.5 Å². The van der Waals surface area contributed by atoms with Crippen molar-refractivity contribution in [3.05, 3.63) is 72.9 Å². The summed E-state index contributed by atoms with van der Waals surface area (Å²) in [6, 6.07) is 0. The maximum absolute atomic E-state index is 10.3. The fourth-order valence-electron chi connectivity index (χ4n) is 4.19. The van der Waals surface area contributed by atoms with Gasteiger partial charge in [0.1, 0.15) is 42.7 Å². The minimum atomic E-state index is -0.954. The van der Waals surface area contributed by atoms with Crippen molar-refractivity contribution in [2.45, 2.75) is 185 Å². The fraction of sp³-hybridized carbons (Fsp3) is 0.754. The first-order valence-corrected chi connectivity index (χ1v) is 27.8. The molecule has 0 atom stereocenters. The molecule has 0 fully saturated rings. The van der Waals surface area contributed by atoms with Crippen LogP contribution in [0.25, 0.3) is 0 Å². The first-order chi connectivity index (χ1) is 39.2. The molecule has 0 saturated carbocycles. The van der Waals surface area contributed by atoms with E-state index in [1.165, 1.54) is 25.7 Å². The Hall–Kier alpha value is -3.46. The zero-order valence-corrected chi connectivity index (χ0v) is 49.1. The van der Waals surface area contributed by atoms with Gasteiger partial charge in [-0.1, -0.05) is 125 Å². The highest BCUT2D eigenvalue weighted by molar-refractivity contribution is 5.66. The van der Waals surface area contributed by atoms with Gasteiger partial charge in [0.15, 0.2) is 0 Å². The zero-order valence-electron chi connectivity index (χ0n) is 49.1. The minimum absolute atomic E-state index is 0.319. The highest BCUT2D eigenvalue weighted by atomic mass is 16.4. The average molecular weight is 1200 g/mol. The Morgan fingerprint density at radius 1 is 0.256 bits per heavy atom. The Bertz CT molecular complexity index is 1130. The summed E-state index contributed by atoms with van der Waals surface area (Å²) in [5.41, 5.74) is 0. The lowest BCUT2D eigenvalue weighted by atomic mass is 10.1. The molecule has 0 rings (SSSR count). The molecule has 494 valence electrons. The van der Waals surface area contributed by atoms with Crippen molar-refractivity contribution in [2.75, 3.05) is 92.5 Å². The number of hydrogen-bond acceptors (Lipinski definition) is 23. The first kappa shape index (κ1) is 97.7.